The first-order valence-corrected chi connectivity index (χ1v) is 11.7. The molecule has 0 amide bonds. The van der Waals surface area contributed by atoms with Crippen LogP contribution < -0.4 is 4.72 Å². The van der Waals surface area contributed by atoms with Crippen molar-refractivity contribution in [3.63, 3.8) is 0 Å². The van der Waals surface area contributed by atoms with Crippen LogP contribution in [0.4, 0.5) is 4.39 Å². The zero-order chi connectivity index (χ0) is 20.9. The fourth-order valence-corrected chi connectivity index (χ4v) is 5.37. The van der Waals surface area contributed by atoms with Gasteiger partial charge in [0.05, 0.1) is 9.88 Å². The molecule has 0 bridgehead atoms. The number of hydrogen-bond acceptors (Lipinski definition) is 4. The summed E-state index contributed by atoms with van der Waals surface area (Å²) >= 11 is 5.88. The zero-order valence-electron chi connectivity index (χ0n) is 16.5. The minimum atomic E-state index is -3.69. The Balaban J connectivity index is 1.67. The molecule has 0 unspecified atom stereocenters. The summed E-state index contributed by atoms with van der Waals surface area (Å²) < 4.78 is 40.4. The molecule has 2 aromatic rings. The van der Waals surface area contributed by atoms with Gasteiger partial charge < -0.3 is 4.90 Å². The van der Waals surface area contributed by atoms with Crippen LogP contribution in [0, 0.1) is 5.82 Å². The fourth-order valence-electron chi connectivity index (χ4n) is 3.94. The van der Waals surface area contributed by atoms with Crippen LogP contribution >= 0.6 is 12.2 Å². The van der Waals surface area contributed by atoms with Crippen molar-refractivity contribution in [3.05, 3.63) is 60.2 Å². The number of nitrogens with one attached hydrogen (secondary N) is 1. The Labute approximate surface area is 177 Å². The highest BCUT2D eigenvalue weighted by molar-refractivity contribution is 7.89. The number of sulfonamides is 1. The maximum atomic E-state index is 13.0. The van der Waals surface area contributed by atoms with Crippen LogP contribution in [0.2, 0.25) is 0 Å². The molecule has 0 radical (unpaired) electrons. The predicted molar refractivity (Wildman–Crippen MR) is 116 cm³/mol. The van der Waals surface area contributed by atoms with Crippen molar-refractivity contribution in [1.82, 2.24) is 14.6 Å². The second-order valence-corrected chi connectivity index (χ2v) is 9.62. The number of thiocarbonyl (C=S) groups is 1. The van der Waals surface area contributed by atoms with Gasteiger partial charge in [-0.3, -0.25) is 4.98 Å². The van der Waals surface area contributed by atoms with Gasteiger partial charge in [-0.2, -0.15) is 0 Å². The molecule has 1 aromatic heterocycles. The first-order chi connectivity index (χ1) is 13.8. The molecule has 3 rings (SSSR count). The molecule has 0 saturated heterocycles. The van der Waals surface area contributed by atoms with E-state index in [1.807, 2.05) is 24.2 Å². The number of aromatic nitrogens is 1. The van der Waals surface area contributed by atoms with E-state index in [0.717, 1.165) is 48.4 Å². The van der Waals surface area contributed by atoms with Crippen LogP contribution in [0.25, 0.3) is 0 Å². The molecule has 1 N–H and O–H groups in total. The van der Waals surface area contributed by atoms with Crippen LogP contribution in [0.1, 0.15) is 37.7 Å². The molecule has 5 nitrogen and oxygen atoms in total. The second kappa shape index (κ2) is 9.28. The molecule has 1 aromatic carbocycles. The van der Waals surface area contributed by atoms with E-state index in [9.17, 15) is 12.8 Å². The highest BCUT2D eigenvalue weighted by Crippen LogP contribution is 2.41. The van der Waals surface area contributed by atoms with Gasteiger partial charge in [-0.05, 0) is 48.7 Å². The molecule has 0 atom stereocenters. The summed E-state index contributed by atoms with van der Waals surface area (Å²) in [6.45, 7) is 0.654. The van der Waals surface area contributed by atoms with Crippen LogP contribution in [-0.4, -0.2) is 43.4 Å². The summed E-state index contributed by atoms with van der Waals surface area (Å²) in [6.07, 6.45) is 9.03. The summed E-state index contributed by atoms with van der Waals surface area (Å²) in [5.74, 6) is -0.470. The highest BCUT2D eigenvalue weighted by atomic mass is 32.2. The third kappa shape index (κ3) is 4.99. The third-order valence-corrected chi connectivity index (χ3v) is 7.72. The molecule has 1 heterocycles. The van der Waals surface area contributed by atoms with Gasteiger partial charge in [-0.1, -0.05) is 37.5 Å². The number of benzene rings is 1. The van der Waals surface area contributed by atoms with Gasteiger partial charge in [0.25, 0.3) is 0 Å². The average Bonchev–Trinajstić information content (AvgIpc) is 2.74. The smallest absolute Gasteiger partial charge is 0.240 e. The van der Waals surface area contributed by atoms with Crippen molar-refractivity contribution in [3.8, 4) is 0 Å². The standard InChI is InChI=1S/C21H26FN3O2S2/c1-25(15-14-24-29(26,27)19-9-7-18(22)8-10-19)20(28)21(11-3-2-4-12-21)17-6-5-13-23-16-17/h5-10,13,16,24H,2-4,11-12,14-15H2,1H3. The molecule has 29 heavy (non-hydrogen) atoms. The lowest BCUT2D eigenvalue weighted by atomic mass is 9.69. The van der Waals surface area contributed by atoms with Gasteiger partial charge in [-0.15, -0.1) is 0 Å². The molecule has 0 aliphatic heterocycles. The maximum absolute atomic E-state index is 13.0. The molecule has 1 aliphatic rings. The predicted octanol–water partition coefficient (Wildman–Crippen LogP) is 3.66. The van der Waals surface area contributed by atoms with Gasteiger partial charge in [0.1, 0.15) is 5.82 Å². The van der Waals surface area contributed by atoms with E-state index in [0.29, 0.717) is 6.54 Å². The molecular formula is C21H26FN3O2S2. The number of nitrogens with zero attached hydrogens (tertiary/aromatic N) is 2. The van der Waals surface area contributed by atoms with Crippen LogP contribution in [0.3, 0.4) is 0 Å². The van der Waals surface area contributed by atoms with E-state index >= 15 is 0 Å². The Morgan fingerprint density at radius 2 is 1.90 bits per heavy atom. The van der Waals surface area contributed by atoms with Gasteiger partial charge >= 0.3 is 0 Å². The fraction of sp³-hybridized carbons (Fsp3) is 0.429. The van der Waals surface area contributed by atoms with Crippen molar-refractivity contribution in [2.75, 3.05) is 20.1 Å². The van der Waals surface area contributed by atoms with Gasteiger partial charge in [0, 0.05) is 37.9 Å². The summed E-state index contributed by atoms with van der Waals surface area (Å²) in [7, 11) is -1.78. The van der Waals surface area contributed by atoms with Crippen molar-refractivity contribution in [2.45, 2.75) is 42.4 Å². The lowest BCUT2D eigenvalue weighted by Gasteiger charge is -2.41. The lowest BCUT2D eigenvalue weighted by Crippen LogP contribution is -2.47. The van der Waals surface area contributed by atoms with Gasteiger partial charge in [0.2, 0.25) is 10.0 Å². The van der Waals surface area contributed by atoms with E-state index in [1.165, 1.54) is 18.6 Å². The van der Waals surface area contributed by atoms with Crippen LogP contribution in [0.5, 0.6) is 0 Å². The monoisotopic (exact) mass is 435 g/mol. The van der Waals surface area contributed by atoms with Crippen molar-refractivity contribution in [2.24, 2.45) is 0 Å². The molecule has 156 valence electrons. The largest absolute Gasteiger partial charge is 0.367 e. The Kier molecular flexibility index (Phi) is 6.97. The molecular weight excluding hydrogens is 409 g/mol. The van der Waals surface area contributed by atoms with E-state index in [4.69, 9.17) is 12.2 Å². The van der Waals surface area contributed by atoms with E-state index in [-0.39, 0.29) is 16.9 Å². The first kappa shape index (κ1) is 21.8. The van der Waals surface area contributed by atoms with Crippen LogP contribution in [0.15, 0.2) is 53.7 Å². The maximum Gasteiger partial charge on any atom is 0.240 e. The number of rotatable bonds is 7. The summed E-state index contributed by atoms with van der Waals surface area (Å²) in [5, 5.41) is 0. The first-order valence-electron chi connectivity index (χ1n) is 9.76. The average molecular weight is 436 g/mol. The van der Waals surface area contributed by atoms with E-state index in [2.05, 4.69) is 15.8 Å². The zero-order valence-corrected chi connectivity index (χ0v) is 18.1. The summed E-state index contributed by atoms with van der Waals surface area (Å²) in [4.78, 5) is 7.11. The van der Waals surface area contributed by atoms with Crippen molar-refractivity contribution >= 4 is 27.2 Å². The van der Waals surface area contributed by atoms with Crippen molar-refractivity contribution in [1.29, 1.82) is 0 Å². The molecule has 8 heteroatoms. The Morgan fingerprint density at radius 3 is 2.52 bits per heavy atom. The molecule has 1 fully saturated rings. The Morgan fingerprint density at radius 1 is 1.21 bits per heavy atom. The number of likely N-dealkylation sites (N-methyl/N-ethyl adjacent to an activating group) is 1. The lowest BCUT2D eigenvalue weighted by molar-refractivity contribution is 0.347. The number of hydrogen-bond donors (Lipinski definition) is 1. The minimum Gasteiger partial charge on any atom is -0.367 e. The quantitative estimate of drug-likeness (QED) is 0.673. The Bertz CT molecular complexity index is 928. The highest BCUT2D eigenvalue weighted by Gasteiger charge is 2.39. The second-order valence-electron chi connectivity index (χ2n) is 7.46. The SMILES string of the molecule is CN(CCNS(=O)(=O)c1ccc(F)cc1)C(=S)C1(c2cccnc2)CCCCC1. The van der Waals surface area contributed by atoms with Crippen LogP contribution in [-0.2, 0) is 15.4 Å². The molecule has 1 aliphatic carbocycles. The van der Waals surface area contributed by atoms with Crippen molar-refractivity contribution < 1.29 is 12.8 Å². The van der Waals surface area contributed by atoms with Gasteiger partial charge in [0.15, 0.2) is 0 Å². The summed E-state index contributed by atoms with van der Waals surface area (Å²) in [6, 6.07) is 8.80. The normalized spacial score (nSPS) is 16.3. The van der Waals surface area contributed by atoms with E-state index < -0.39 is 15.8 Å². The number of halogens is 1. The van der Waals surface area contributed by atoms with E-state index in [1.54, 1.807) is 6.20 Å². The number of pyridine rings is 1. The molecule has 0 spiro atoms. The third-order valence-electron chi connectivity index (χ3n) is 5.54. The van der Waals surface area contributed by atoms with Gasteiger partial charge in [-0.25, -0.2) is 17.5 Å². The Hall–Kier alpha value is -1.90. The summed E-state index contributed by atoms with van der Waals surface area (Å²) in [5.41, 5.74) is 0.898. The molecule has 1 saturated carbocycles. The topological polar surface area (TPSA) is 62.3 Å². The minimum absolute atomic E-state index is 0.0447.